The van der Waals surface area contributed by atoms with Gasteiger partial charge in [-0.05, 0) is 0 Å². The van der Waals surface area contributed by atoms with Crippen molar-refractivity contribution in [2.45, 2.75) is 0 Å². The van der Waals surface area contributed by atoms with Crippen LogP contribution in [0.2, 0.25) is 0 Å². The summed E-state index contributed by atoms with van der Waals surface area (Å²) in [6, 6.07) is 0. The summed E-state index contributed by atoms with van der Waals surface area (Å²) in [6.07, 6.45) is 2.87. The molecule has 0 radical (unpaired) electrons. The van der Waals surface area contributed by atoms with Gasteiger partial charge >= 0.3 is 0 Å². The molecule has 0 rings (SSSR count). The SMILES string of the molecule is C=CCOCC=N. The van der Waals surface area contributed by atoms with Gasteiger partial charge in [-0.15, -0.1) is 6.58 Å². The van der Waals surface area contributed by atoms with E-state index in [-0.39, 0.29) is 0 Å². The molecule has 0 saturated heterocycles. The van der Waals surface area contributed by atoms with Crippen molar-refractivity contribution in [2.24, 2.45) is 0 Å². The van der Waals surface area contributed by atoms with Crippen molar-refractivity contribution in [1.82, 2.24) is 0 Å². The molecule has 0 aliphatic rings. The first kappa shape index (κ1) is 6.37. The van der Waals surface area contributed by atoms with Gasteiger partial charge in [-0.2, -0.15) is 0 Å². The fourth-order valence-electron chi connectivity index (χ4n) is 0.210. The first-order valence-corrected chi connectivity index (χ1v) is 2.09. The van der Waals surface area contributed by atoms with Crippen LogP contribution in [0.15, 0.2) is 12.7 Å². The molecular formula is C5H9NO. The second kappa shape index (κ2) is 5.37. The zero-order valence-corrected chi connectivity index (χ0v) is 4.18. The van der Waals surface area contributed by atoms with E-state index in [2.05, 4.69) is 6.58 Å². The molecule has 0 atom stereocenters. The Hall–Kier alpha value is -0.630. The number of nitrogens with one attached hydrogen (secondary N) is 1. The highest BCUT2D eigenvalue weighted by atomic mass is 16.5. The highest BCUT2D eigenvalue weighted by Gasteiger charge is 1.72. The van der Waals surface area contributed by atoms with Crippen LogP contribution < -0.4 is 0 Å². The van der Waals surface area contributed by atoms with E-state index < -0.39 is 0 Å². The lowest BCUT2D eigenvalue weighted by atomic mass is 10.7. The molecule has 0 heterocycles. The topological polar surface area (TPSA) is 33.1 Å². The molecule has 0 spiro atoms. The molecule has 0 aliphatic carbocycles. The first-order valence-electron chi connectivity index (χ1n) is 2.09. The van der Waals surface area contributed by atoms with Gasteiger partial charge < -0.3 is 10.1 Å². The van der Waals surface area contributed by atoms with E-state index in [1.807, 2.05) is 0 Å². The van der Waals surface area contributed by atoms with E-state index in [0.29, 0.717) is 13.2 Å². The maximum atomic E-state index is 6.50. The Labute approximate surface area is 43.3 Å². The second-order valence-corrected chi connectivity index (χ2v) is 1.03. The third-order valence-electron chi connectivity index (χ3n) is 0.437. The van der Waals surface area contributed by atoms with Crippen LogP contribution in [-0.2, 0) is 4.74 Å². The van der Waals surface area contributed by atoms with Crippen LogP contribution >= 0.6 is 0 Å². The summed E-state index contributed by atoms with van der Waals surface area (Å²) in [5, 5.41) is 6.50. The minimum absolute atomic E-state index is 0.395. The average Bonchev–Trinajstić information content (AvgIpc) is 1.69. The van der Waals surface area contributed by atoms with Gasteiger partial charge in [-0.1, -0.05) is 6.08 Å². The molecule has 0 unspecified atom stereocenters. The zero-order valence-electron chi connectivity index (χ0n) is 4.18. The third-order valence-corrected chi connectivity index (χ3v) is 0.437. The molecule has 0 aromatic rings. The highest BCUT2D eigenvalue weighted by Crippen LogP contribution is 1.68. The highest BCUT2D eigenvalue weighted by molar-refractivity contribution is 5.53. The minimum atomic E-state index is 0.395. The van der Waals surface area contributed by atoms with Gasteiger partial charge in [-0.25, -0.2) is 0 Å². The zero-order chi connectivity index (χ0) is 5.54. The van der Waals surface area contributed by atoms with E-state index >= 15 is 0 Å². The molecule has 0 fully saturated rings. The van der Waals surface area contributed by atoms with E-state index in [0.717, 1.165) is 0 Å². The number of rotatable bonds is 4. The molecule has 7 heavy (non-hydrogen) atoms. The van der Waals surface area contributed by atoms with Crippen molar-refractivity contribution in [2.75, 3.05) is 13.2 Å². The fourth-order valence-corrected chi connectivity index (χ4v) is 0.210. The number of hydrogen-bond donors (Lipinski definition) is 1. The van der Waals surface area contributed by atoms with Gasteiger partial charge in [0.05, 0.1) is 13.2 Å². The quantitative estimate of drug-likeness (QED) is 0.316. The Morgan fingerprint density at radius 3 is 2.71 bits per heavy atom. The maximum Gasteiger partial charge on any atom is 0.0815 e. The fraction of sp³-hybridized carbons (Fsp3) is 0.400. The van der Waals surface area contributed by atoms with Crippen LogP contribution in [0.4, 0.5) is 0 Å². The summed E-state index contributed by atoms with van der Waals surface area (Å²) in [5.74, 6) is 0. The molecular weight excluding hydrogens is 90.1 g/mol. The van der Waals surface area contributed by atoms with Crippen LogP contribution in [0.25, 0.3) is 0 Å². The summed E-state index contributed by atoms with van der Waals surface area (Å²) in [6.45, 7) is 4.36. The molecule has 0 saturated carbocycles. The number of hydrogen-bond acceptors (Lipinski definition) is 2. The Bertz CT molecular complexity index is 53.1. The molecule has 2 heteroatoms. The van der Waals surface area contributed by atoms with E-state index in [1.54, 1.807) is 6.08 Å². The lowest BCUT2D eigenvalue weighted by Gasteiger charge is -1.89. The number of ether oxygens (including phenoxy) is 1. The monoisotopic (exact) mass is 99.1 g/mol. The maximum absolute atomic E-state index is 6.50. The van der Waals surface area contributed by atoms with E-state index in [4.69, 9.17) is 10.1 Å². The van der Waals surface area contributed by atoms with Crippen molar-refractivity contribution in [1.29, 1.82) is 5.41 Å². The van der Waals surface area contributed by atoms with Crippen LogP contribution in [0.1, 0.15) is 0 Å². The van der Waals surface area contributed by atoms with Gasteiger partial charge in [0.2, 0.25) is 0 Å². The van der Waals surface area contributed by atoms with Gasteiger partial charge in [0.1, 0.15) is 0 Å². The van der Waals surface area contributed by atoms with Crippen molar-refractivity contribution in [3.8, 4) is 0 Å². The molecule has 1 N–H and O–H groups in total. The first-order chi connectivity index (χ1) is 3.41. The molecule has 0 aromatic carbocycles. The molecule has 2 nitrogen and oxygen atoms in total. The van der Waals surface area contributed by atoms with Crippen LogP contribution in [0.3, 0.4) is 0 Å². The second-order valence-electron chi connectivity index (χ2n) is 1.03. The third kappa shape index (κ3) is 5.37. The standard InChI is InChI=1S/C5H9NO/c1-2-4-7-5-3-6/h2-3,6H,1,4-5H2. The summed E-state index contributed by atoms with van der Waals surface area (Å²) in [4.78, 5) is 0. The molecule has 40 valence electrons. The molecule has 0 aromatic heterocycles. The van der Waals surface area contributed by atoms with E-state index in [9.17, 15) is 0 Å². The largest absolute Gasteiger partial charge is 0.372 e. The predicted octanol–water partition coefficient (Wildman–Crippen LogP) is 0.839. The van der Waals surface area contributed by atoms with Crippen molar-refractivity contribution >= 4 is 6.21 Å². The van der Waals surface area contributed by atoms with Crippen molar-refractivity contribution < 1.29 is 4.74 Å². The van der Waals surface area contributed by atoms with Gasteiger partial charge in [0, 0.05) is 6.21 Å². The van der Waals surface area contributed by atoms with Crippen LogP contribution in [-0.4, -0.2) is 19.4 Å². The molecule has 0 amide bonds. The minimum Gasteiger partial charge on any atom is -0.372 e. The summed E-state index contributed by atoms with van der Waals surface area (Å²) in [5.41, 5.74) is 0. The Morgan fingerprint density at radius 1 is 1.57 bits per heavy atom. The molecule has 0 bridgehead atoms. The van der Waals surface area contributed by atoms with Gasteiger partial charge in [0.25, 0.3) is 0 Å². The van der Waals surface area contributed by atoms with Crippen molar-refractivity contribution in [3.63, 3.8) is 0 Å². The summed E-state index contributed by atoms with van der Waals surface area (Å²) in [7, 11) is 0. The Morgan fingerprint density at radius 2 is 2.29 bits per heavy atom. The Kier molecular flexibility index (Phi) is 4.89. The summed E-state index contributed by atoms with van der Waals surface area (Å²) >= 11 is 0. The average molecular weight is 99.1 g/mol. The lowest BCUT2D eigenvalue weighted by Crippen LogP contribution is -1.92. The van der Waals surface area contributed by atoms with Gasteiger partial charge in [-0.3, -0.25) is 0 Å². The van der Waals surface area contributed by atoms with Gasteiger partial charge in [0.15, 0.2) is 0 Å². The molecule has 0 aliphatic heterocycles. The smallest absolute Gasteiger partial charge is 0.0815 e. The Balaban J connectivity index is 2.68. The van der Waals surface area contributed by atoms with Crippen LogP contribution in [0.5, 0.6) is 0 Å². The van der Waals surface area contributed by atoms with E-state index in [1.165, 1.54) is 6.21 Å². The lowest BCUT2D eigenvalue weighted by molar-refractivity contribution is 0.207. The van der Waals surface area contributed by atoms with Crippen molar-refractivity contribution in [3.05, 3.63) is 12.7 Å². The van der Waals surface area contributed by atoms with Crippen LogP contribution in [0, 0.1) is 5.41 Å². The summed E-state index contributed by atoms with van der Waals surface area (Å²) < 4.78 is 4.77. The normalized spacial score (nSPS) is 8.00. The predicted molar refractivity (Wildman–Crippen MR) is 29.8 cm³/mol.